The van der Waals surface area contributed by atoms with Crippen LogP contribution in [0.25, 0.3) is 0 Å². The van der Waals surface area contributed by atoms with Gasteiger partial charge in [0, 0.05) is 12.6 Å². The standard InChI is InChI=1S/C11H20N2S/c1-2-3-11(12)4-6-13-8-10-5-7-14-9-10/h5,7,9,11,13H,2-4,6,8,12H2,1H3. The molecule has 0 aliphatic heterocycles. The Bertz CT molecular complexity index is 221. The van der Waals surface area contributed by atoms with E-state index in [9.17, 15) is 0 Å². The Morgan fingerprint density at radius 2 is 2.36 bits per heavy atom. The normalized spacial score (nSPS) is 13.0. The quantitative estimate of drug-likeness (QED) is 0.681. The third-order valence-corrected chi connectivity index (χ3v) is 2.99. The molecule has 0 aliphatic carbocycles. The van der Waals surface area contributed by atoms with Crippen LogP contribution < -0.4 is 11.1 Å². The molecule has 1 aromatic rings. The van der Waals surface area contributed by atoms with Gasteiger partial charge in [-0.2, -0.15) is 11.3 Å². The fraction of sp³-hybridized carbons (Fsp3) is 0.636. The average molecular weight is 212 g/mol. The van der Waals surface area contributed by atoms with Crippen LogP contribution in [0.1, 0.15) is 31.7 Å². The van der Waals surface area contributed by atoms with E-state index in [4.69, 9.17) is 5.73 Å². The lowest BCUT2D eigenvalue weighted by atomic mass is 10.1. The molecule has 1 heterocycles. The first-order chi connectivity index (χ1) is 6.83. The van der Waals surface area contributed by atoms with Crippen LogP contribution in [-0.4, -0.2) is 12.6 Å². The molecule has 0 amide bonds. The predicted octanol–water partition coefficient (Wildman–Crippen LogP) is 2.36. The Hall–Kier alpha value is -0.380. The Kier molecular flexibility index (Phi) is 5.83. The molecule has 0 bridgehead atoms. The summed E-state index contributed by atoms with van der Waals surface area (Å²) >= 11 is 1.75. The second kappa shape index (κ2) is 6.98. The van der Waals surface area contributed by atoms with E-state index in [1.165, 1.54) is 12.0 Å². The SMILES string of the molecule is CCCC(N)CCNCc1ccsc1. The van der Waals surface area contributed by atoms with Gasteiger partial charge in [-0.05, 0) is 41.8 Å². The molecule has 1 rings (SSSR count). The minimum Gasteiger partial charge on any atom is -0.328 e. The molecular formula is C11H20N2S. The minimum atomic E-state index is 0.370. The lowest BCUT2D eigenvalue weighted by Crippen LogP contribution is -2.26. The summed E-state index contributed by atoms with van der Waals surface area (Å²) in [6, 6.07) is 2.53. The summed E-state index contributed by atoms with van der Waals surface area (Å²) < 4.78 is 0. The zero-order valence-corrected chi connectivity index (χ0v) is 9.65. The van der Waals surface area contributed by atoms with Gasteiger partial charge in [0.1, 0.15) is 0 Å². The highest BCUT2D eigenvalue weighted by Crippen LogP contribution is 2.05. The molecule has 80 valence electrons. The van der Waals surface area contributed by atoms with Crippen LogP contribution in [0.2, 0.25) is 0 Å². The lowest BCUT2D eigenvalue weighted by Gasteiger charge is -2.10. The van der Waals surface area contributed by atoms with Gasteiger partial charge in [-0.3, -0.25) is 0 Å². The summed E-state index contributed by atoms with van der Waals surface area (Å²) in [5, 5.41) is 7.69. The fourth-order valence-electron chi connectivity index (χ4n) is 1.43. The molecule has 0 aromatic carbocycles. The van der Waals surface area contributed by atoms with Gasteiger partial charge in [-0.25, -0.2) is 0 Å². The first-order valence-corrected chi connectivity index (χ1v) is 6.24. The summed E-state index contributed by atoms with van der Waals surface area (Å²) in [6.45, 7) is 4.18. The maximum absolute atomic E-state index is 5.91. The van der Waals surface area contributed by atoms with Gasteiger partial charge in [-0.15, -0.1) is 0 Å². The molecule has 1 atom stereocenters. The van der Waals surface area contributed by atoms with E-state index in [1.54, 1.807) is 11.3 Å². The van der Waals surface area contributed by atoms with E-state index in [2.05, 4.69) is 29.1 Å². The van der Waals surface area contributed by atoms with E-state index in [0.29, 0.717) is 6.04 Å². The number of hydrogen-bond donors (Lipinski definition) is 2. The number of rotatable bonds is 7. The minimum absolute atomic E-state index is 0.370. The van der Waals surface area contributed by atoms with Crippen LogP contribution in [0.5, 0.6) is 0 Å². The molecule has 0 saturated carbocycles. The highest BCUT2D eigenvalue weighted by atomic mass is 32.1. The van der Waals surface area contributed by atoms with E-state index in [0.717, 1.165) is 25.9 Å². The number of thiophene rings is 1. The average Bonchev–Trinajstić information content (AvgIpc) is 2.65. The number of nitrogens with one attached hydrogen (secondary N) is 1. The number of nitrogens with two attached hydrogens (primary N) is 1. The molecule has 1 aromatic heterocycles. The predicted molar refractivity (Wildman–Crippen MR) is 63.5 cm³/mol. The molecule has 0 fully saturated rings. The summed E-state index contributed by atoms with van der Waals surface area (Å²) in [5.74, 6) is 0. The van der Waals surface area contributed by atoms with Crippen LogP contribution in [0.3, 0.4) is 0 Å². The zero-order chi connectivity index (χ0) is 10.2. The molecule has 3 heteroatoms. The highest BCUT2D eigenvalue weighted by molar-refractivity contribution is 7.07. The fourth-order valence-corrected chi connectivity index (χ4v) is 2.10. The van der Waals surface area contributed by atoms with Crippen molar-refractivity contribution in [2.75, 3.05) is 6.54 Å². The monoisotopic (exact) mass is 212 g/mol. The summed E-state index contributed by atoms with van der Waals surface area (Å²) in [4.78, 5) is 0. The lowest BCUT2D eigenvalue weighted by molar-refractivity contribution is 0.527. The second-order valence-corrected chi connectivity index (χ2v) is 4.43. The molecule has 1 unspecified atom stereocenters. The molecule has 0 saturated heterocycles. The van der Waals surface area contributed by atoms with E-state index < -0.39 is 0 Å². The van der Waals surface area contributed by atoms with Crippen molar-refractivity contribution in [3.63, 3.8) is 0 Å². The van der Waals surface area contributed by atoms with Crippen LogP contribution >= 0.6 is 11.3 Å². The van der Waals surface area contributed by atoms with Gasteiger partial charge in [0.15, 0.2) is 0 Å². The Morgan fingerprint density at radius 1 is 1.50 bits per heavy atom. The van der Waals surface area contributed by atoms with Crippen LogP contribution in [0.4, 0.5) is 0 Å². The number of hydrogen-bond acceptors (Lipinski definition) is 3. The first kappa shape index (κ1) is 11.7. The van der Waals surface area contributed by atoms with Gasteiger partial charge < -0.3 is 11.1 Å². The molecule has 0 radical (unpaired) electrons. The maximum atomic E-state index is 5.91. The van der Waals surface area contributed by atoms with E-state index in [1.807, 2.05) is 0 Å². The van der Waals surface area contributed by atoms with Gasteiger partial charge >= 0.3 is 0 Å². The van der Waals surface area contributed by atoms with Gasteiger partial charge in [0.25, 0.3) is 0 Å². The van der Waals surface area contributed by atoms with Crippen molar-refractivity contribution in [2.45, 2.75) is 38.8 Å². The molecule has 14 heavy (non-hydrogen) atoms. The van der Waals surface area contributed by atoms with Crippen molar-refractivity contribution < 1.29 is 0 Å². The molecule has 0 spiro atoms. The smallest absolute Gasteiger partial charge is 0.0213 e. The van der Waals surface area contributed by atoms with Crippen molar-refractivity contribution in [3.05, 3.63) is 22.4 Å². The van der Waals surface area contributed by atoms with Crippen molar-refractivity contribution >= 4 is 11.3 Å². The zero-order valence-electron chi connectivity index (χ0n) is 8.83. The van der Waals surface area contributed by atoms with Gasteiger partial charge in [0.05, 0.1) is 0 Å². The maximum Gasteiger partial charge on any atom is 0.0213 e. The summed E-state index contributed by atoms with van der Waals surface area (Å²) in [6.07, 6.45) is 3.41. The molecule has 0 aliphatic rings. The van der Waals surface area contributed by atoms with Gasteiger partial charge in [0.2, 0.25) is 0 Å². The largest absolute Gasteiger partial charge is 0.328 e. The summed E-state index contributed by atoms with van der Waals surface area (Å²) in [5.41, 5.74) is 7.28. The van der Waals surface area contributed by atoms with Crippen molar-refractivity contribution in [1.29, 1.82) is 0 Å². The third-order valence-electron chi connectivity index (χ3n) is 2.26. The summed E-state index contributed by atoms with van der Waals surface area (Å²) in [7, 11) is 0. The molecular weight excluding hydrogens is 192 g/mol. The van der Waals surface area contributed by atoms with E-state index >= 15 is 0 Å². The van der Waals surface area contributed by atoms with Crippen molar-refractivity contribution in [3.8, 4) is 0 Å². The molecule has 2 nitrogen and oxygen atoms in total. The third kappa shape index (κ3) is 4.74. The second-order valence-electron chi connectivity index (χ2n) is 3.65. The topological polar surface area (TPSA) is 38.0 Å². The van der Waals surface area contributed by atoms with Crippen molar-refractivity contribution in [1.82, 2.24) is 5.32 Å². The van der Waals surface area contributed by atoms with Crippen LogP contribution in [-0.2, 0) is 6.54 Å². The van der Waals surface area contributed by atoms with Crippen LogP contribution in [0, 0.1) is 0 Å². The van der Waals surface area contributed by atoms with Crippen molar-refractivity contribution in [2.24, 2.45) is 5.73 Å². The Balaban J connectivity index is 1.99. The first-order valence-electron chi connectivity index (χ1n) is 5.30. The Labute approximate surface area is 90.5 Å². The Morgan fingerprint density at radius 3 is 3.00 bits per heavy atom. The van der Waals surface area contributed by atoms with Gasteiger partial charge in [-0.1, -0.05) is 13.3 Å². The van der Waals surface area contributed by atoms with E-state index in [-0.39, 0.29) is 0 Å². The molecule has 3 N–H and O–H groups in total. The van der Waals surface area contributed by atoms with Crippen LogP contribution in [0.15, 0.2) is 16.8 Å². The highest BCUT2D eigenvalue weighted by Gasteiger charge is 1.99.